The predicted molar refractivity (Wildman–Crippen MR) is 69.5 cm³/mol. The first-order valence-electron chi connectivity index (χ1n) is 7.62. The molecule has 0 amide bonds. The van der Waals surface area contributed by atoms with E-state index in [1.807, 2.05) is 0 Å². The number of rotatable bonds is 12. The second-order valence-corrected chi connectivity index (χ2v) is 5.65. The zero-order valence-electron chi connectivity index (χ0n) is 12.9. The SMILES string of the molecule is OCCCCCCCCCCC(F)(F)C(F)(F)C(F)(F)C(F)(F)F. The second kappa shape index (κ2) is 9.15. The molecule has 0 unspecified atom stereocenters. The smallest absolute Gasteiger partial charge is 0.396 e. The van der Waals surface area contributed by atoms with Crippen molar-refractivity contribution in [1.82, 2.24) is 0 Å². The van der Waals surface area contributed by atoms with E-state index in [0.717, 1.165) is 19.3 Å². The molecule has 0 aromatic heterocycles. The van der Waals surface area contributed by atoms with E-state index in [9.17, 15) is 39.5 Å². The lowest BCUT2D eigenvalue weighted by atomic mass is 9.97. The predicted octanol–water partition coefficient (Wildman–Crippen LogP) is 5.96. The molecule has 0 atom stereocenters. The number of hydrogen-bond acceptors (Lipinski definition) is 1. The van der Waals surface area contributed by atoms with Crippen molar-refractivity contribution in [1.29, 1.82) is 0 Å². The number of alkyl halides is 9. The van der Waals surface area contributed by atoms with Gasteiger partial charge in [0.25, 0.3) is 0 Å². The minimum atomic E-state index is -6.80. The van der Waals surface area contributed by atoms with Gasteiger partial charge in [-0.1, -0.05) is 38.5 Å². The molecule has 0 saturated carbocycles. The molecule has 0 bridgehead atoms. The van der Waals surface area contributed by atoms with Crippen LogP contribution in [-0.4, -0.2) is 35.7 Å². The highest BCUT2D eigenvalue weighted by molar-refractivity contribution is 5.00. The Hall–Kier alpha value is -0.670. The highest BCUT2D eigenvalue weighted by Crippen LogP contribution is 2.54. The minimum Gasteiger partial charge on any atom is -0.396 e. The van der Waals surface area contributed by atoms with Crippen LogP contribution in [0.15, 0.2) is 0 Å². The van der Waals surface area contributed by atoms with Crippen molar-refractivity contribution in [3.05, 3.63) is 0 Å². The molecule has 0 aliphatic heterocycles. The maximum absolute atomic E-state index is 13.2. The summed E-state index contributed by atoms with van der Waals surface area (Å²) < 4.78 is 113. The standard InChI is InChI=1S/C14H21F9O/c15-11(16,12(17,18)13(19,20)14(21,22)23)9-7-5-3-1-2-4-6-8-10-24/h24H,1-10H2. The molecule has 0 saturated heterocycles. The third kappa shape index (κ3) is 6.00. The summed E-state index contributed by atoms with van der Waals surface area (Å²) in [6.07, 6.45) is -5.10. The third-order valence-electron chi connectivity index (χ3n) is 3.61. The lowest BCUT2D eigenvalue weighted by Gasteiger charge is -2.33. The summed E-state index contributed by atoms with van der Waals surface area (Å²) in [6.45, 7) is 0.0614. The van der Waals surface area contributed by atoms with Crippen LogP contribution >= 0.6 is 0 Å². The van der Waals surface area contributed by atoms with Crippen molar-refractivity contribution in [3.8, 4) is 0 Å². The van der Waals surface area contributed by atoms with E-state index >= 15 is 0 Å². The quantitative estimate of drug-likeness (QED) is 0.329. The summed E-state index contributed by atoms with van der Waals surface area (Å²) in [7, 11) is 0. The molecule has 0 aliphatic rings. The molecule has 0 aromatic rings. The van der Waals surface area contributed by atoms with Crippen LogP contribution in [0.2, 0.25) is 0 Å². The highest BCUT2D eigenvalue weighted by Gasteiger charge is 2.81. The van der Waals surface area contributed by atoms with Crippen LogP contribution in [0.5, 0.6) is 0 Å². The molecular weight excluding hydrogens is 355 g/mol. The van der Waals surface area contributed by atoms with Gasteiger partial charge in [-0.05, 0) is 12.8 Å². The number of halogens is 9. The molecule has 0 radical (unpaired) electrons. The van der Waals surface area contributed by atoms with Gasteiger partial charge < -0.3 is 5.11 Å². The first-order valence-corrected chi connectivity index (χ1v) is 7.62. The molecule has 0 spiro atoms. The van der Waals surface area contributed by atoms with Gasteiger partial charge in [-0.2, -0.15) is 39.5 Å². The van der Waals surface area contributed by atoms with Crippen molar-refractivity contribution in [2.75, 3.05) is 6.61 Å². The van der Waals surface area contributed by atoms with Gasteiger partial charge in [0.2, 0.25) is 0 Å². The Bertz CT molecular complexity index is 353. The highest BCUT2D eigenvalue weighted by atomic mass is 19.4. The van der Waals surface area contributed by atoms with E-state index < -0.39 is 36.8 Å². The van der Waals surface area contributed by atoms with Crippen LogP contribution in [-0.2, 0) is 0 Å². The Balaban J connectivity index is 4.30. The molecule has 24 heavy (non-hydrogen) atoms. The molecule has 1 nitrogen and oxygen atoms in total. The van der Waals surface area contributed by atoms with Gasteiger partial charge in [0.15, 0.2) is 0 Å². The fraction of sp³-hybridized carbons (Fsp3) is 1.00. The summed E-state index contributed by atoms with van der Waals surface area (Å²) in [5.41, 5.74) is 0. The molecule has 0 rings (SSSR count). The topological polar surface area (TPSA) is 20.2 Å². The van der Waals surface area contributed by atoms with Gasteiger partial charge in [-0.3, -0.25) is 0 Å². The van der Waals surface area contributed by atoms with Crippen LogP contribution in [0.4, 0.5) is 39.5 Å². The number of hydrogen-bond donors (Lipinski definition) is 1. The van der Waals surface area contributed by atoms with Crippen molar-refractivity contribution >= 4 is 0 Å². The average molecular weight is 376 g/mol. The van der Waals surface area contributed by atoms with Crippen molar-refractivity contribution in [3.63, 3.8) is 0 Å². The summed E-state index contributed by atoms with van der Waals surface area (Å²) in [5, 5.41) is 8.53. The molecular formula is C14H21F9O. The summed E-state index contributed by atoms with van der Waals surface area (Å²) in [4.78, 5) is 0. The number of unbranched alkanes of at least 4 members (excludes halogenated alkanes) is 7. The Morgan fingerprint density at radius 2 is 0.875 bits per heavy atom. The van der Waals surface area contributed by atoms with E-state index in [1.165, 1.54) is 0 Å². The Labute approximate surface area is 134 Å². The zero-order valence-corrected chi connectivity index (χ0v) is 12.9. The maximum Gasteiger partial charge on any atom is 0.460 e. The second-order valence-electron chi connectivity index (χ2n) is 5.65. The molecule has 0 aromatic carbocycles. The minimum absolute atomic E-state index is 0.0310. The van der Waals surface area contributed by atoms with E-state index in [-0.39, 0.29) is 13.0 Å². The van der Waals surface area contributed by atoms with Crippen LogP contribution in [0.1, 0.15) is 57.8 Å². The van der Waals surface area contributed by atoms with Gasteiger partial charge in [-0.25, -0.2) is 0 Å². The molecule has 146 valence electrons. The van der Waals surface area contributed by atoms with Crippen LogP contribution in [0.25, 0.3) is 0 Å². The molecule has 1 N–H and O–H groups in total. The van der Waals surface area contributed by atoms with E-state index in [4.69, 9.17) is 5.11 Å². The average Bonchev–Trinajstić information content (AvgIpc) is 2.43. The summed E-state index contributed by atoms with van der Waals surface area (Å²) in [6, 6.07) is 0. The van der Waals surface area contributed by atoms with Gasteiger partial charge in [0, 0.05) is 13.0 Å². The van der Waals surface area contributed by atoms with E-state index in [0.29, 0.717) is 19.3 Å². The van der Waals surface area contributed by atoms with Crippen molar-refractivity contribution < 1.29 is 44.6 Å². The number of aliphatic hydroxyl groups excluding tert-OH is 1. The molecule has 0 fully saturated rings. The largest absolute Gasteiger partial charge is 0.460 e. The lowest BCUT2D eigenvalue weighted by Crippen LogP contribution is -2.60. The van der Waals surface area contributed by atoms with Crippen molar-refractivity contribution in [2.24, 2.45) is 0 Å². The lowest BCUT2D eigenvalue weighted by molar-refractivity contribution is -0.396. The Morgan fingerprint density at radius 1 is 0.500 bits per heavy atom. The molecule has 0 heterocycles. The summed E-state index contributed by atoms with van der Waals surface area (Å²) in [5.74, 6) is -18.7. The third-order valence-corrected chi connectivity index (χ3v) is 3.61. The fourth-order valence-corrected chi connectivity index (χ4v) is 2.08. The van der Waals surface area contributed by atoms with Crippen LogP contribution in [0, 0.1) is 0 Å². The zero-order chi connectivity index (χ0) is 19.1. The fourth-order valence-electron chi connectivity index (χ4n) is 2.08. The van der Waals surface area contributed by atoms with Crippen molar-refractivity contribution in [2.45, 2.75) is 81.7 Å². The molecule has 0 aliphatic carbocycles. The maximum atomic E-state index is 13.2. The van der Waals surface area contributed by atoms with Gasteiger partial charge in [0.1, 0.15) is 0 Å². The molecule has 10 heteroatoms. The van der Waals surface area contributed by atoms with Crippen LogP contribution < -0.4 is 0 Å². The van der Waals surface area contributed by atoms with Gasteiger partial charge >= 0.3 is 23.9 Å². The van der Waals surface area contributed by atoms with Gasteiger partial charge in [-0.15, -0.1) is 0 Å². The first kappa shape index (κ1) is 23.3. The first-order chi connectivity index (χ1) is 10.8. The Morgan fingerprint density at radius 3 is 1.25 bits per heavy atom. The van der Waals surface area contributed by atoms with Gasteiger partial charge in [0.05, 0.1) is 0 Å². The summed E-state index contributed by atoms with van der Waals surface area (Å²) >= 11 is 0. The van der Waals surface area contributed by atoms with Crippen LogP contribution in [0.3, 0.4) is 0 Å². The Kier molecular flexibility index (Phi) is 8.89. The van der Waals surface area contributed by atoms with E-state index in [2.05, 4.69) is 0 Å². The normalized spacial score (nSPS) is 14.2. The number of aliphatic hydroxyl groups is 1. The van der Waals surface area contributed by atoms with E-state index in [1.54, 1.807) is 0 Å². The monoisotopic (exact) mass is 376 g/mol.